The molecule has 0 saturated carbocycles. The molecule has 2 aliphatic rings. The highest BCUT2D eigenvalue weighted by molar-refractivity contribution is 7.89. The lowest BCUT2D eigenvalue weighted by molar-refractivity contribution is 0.102. The zero-order valence-electron chi connectivity index (χ0n) is 18.6. The van der Waals surface area contributed by atoms with Crippen molar-refractivity contribution in [3.63, 3.8) is 0 Å². The van der Waals surface area contributed by atoms with Gasteiger partial charge in [0.25, 0.3) is 5.91 Å². The fraction of sp³-hybridized carbons (Fsp3) is 0.348. The third kappa shape index (κ3) is 4.36. The summed E-state index contributed by atoms with van der Waals surface area (Å²) in [5, 5.41) is 10.4. The van der Waals surface area contributed by atoms with E-state index in [4.69, 9.17) is 13.9 Å². The molecule has 1 aromatic heterocycles. The lowest BCUT2D eigenvalue weighted by atomic mass is 10.1. The van der Waals surface area contributed by atoms with Crippen LogP contribution < -0.4 is 14.8 Å². The van der Waals surface area contributed by atoms with E-state index in [1.807, 2.05) is 6.92 Å². The number of sulfonamides is 1. The average molecular weight is 485 g/mol. The minimum absolute atomic E-state index is 0.0392. The monoisotopic (exact) mass is 484 g/mol. The summed E-state index contributed by atoms with van der Waals surface area (Å²) in [4.78, 5) is 12.8. The second kappa shape index (κ2) is 9.07. The number of carbonyl (C=O) groups excluding carboxylic acids is 1. The first kappa shape index (κ1) is 22.4. The first-order chi connectivity index (χ1) is 16.4. The number of aromatic nitrogens is 2. The van der Waals surface area contributed by atoms with Crippen molar-refractivity contribution >= 4 is 21.9 Å². The minimum atomic E-state index is -3.60. The molecular formula is C23H24N4O6S. The molecule has 1 amide bonds. The summed E-state index contributed by atoms with van der Waals surface area (Å²) < 4.78 is 44.1. The predicted molar refractivity (Wildman–Crippen MR) is 122 cm³/mol. The van der Waals surface area contributed by atoms with Crippen molar-refractivity contribution in [1.29, 1.82) is 0 Å². The zero-order valence-corrected chi connectivity index (χ0v) is 19.4. The number of anilines is 1. The molecule has 0 radical (unpaired) electrons. The highest BCUT2D eigenvalue weighted by Crippen LogP contribution is 2.34. The second-order valence-corrected chi connectivity index (χ2v) is 10.1. The summed E-state index contributed by atoms with van der Waals surface area (Å²) in [5.41, 5.74) is 0.892. The van der Waals surface area contributed by atoms with Gasteiger partial charge in [-0.05, 0) is 62.2 Å². The molecule has 0 unspecified atom stereocenters. The van der Waals surface area contributed by atoms with Crippen LogP contribution in [0.25, 0.3) is 11.5 Å². The van der Waals surface area contributed by atoms with Crippen molar-refractivity contribution in [2.24, 2.45) is 0 Å². The quantitative estimate of drug-likeness (QED) is 0.585. The van der Waals surface area contributed by atoms with Gasteiger partial charge in [-0.1, -0.05) is 11.5 Å². The number of nitrogens with zero attached hydrogens (tertiary/aromatic N) is 3. The van der Waals surface area contributed by atoms with Crippen LogP contribution in [0.4, 0.5) is 6.01 Å². The van der Waals surface area contributed by atoms with Gasteiger partial charge in [0, 0.05) is 23.7 Å². The van der Waals surface area contributed by atoms with Crippen molar-refractivity contribution in [2.75, 3.05) is 25.1 Å². The number of benzene rings is 2. The van der Waals surface area contributed by atoms with Gasteiger partial charge < -0.3 is 13.9 Å². The number of ether oxygens (including phenoxy) is 2. The van der Waals surface area contributed by atoms with Crippen LogP contribution in [0.3, 0.4) is 0 Å². The van der Waals surface area contributed by atoms with Crippen LogP contribution in [0, 0.1) is 0 Å². The predicted octanol–water partition coefficient (Wildman–Crippen LogP) is 3.32. The van der Waals surface area contributed by atoms with Gasteiger partial charge in [-0.15, -0.1) is 5.10 Å². The Morgan fingerprint density at radius 1 is 1.03 bits per heavy atom. The fourth-order valence-corrected chi connectivity index (χ4v) is 5.78. The van der Waals surface area contributed by atoms with Crippen molar-refractivity contribution in [2.45, 2.75) is 37.1 Å². The third-order valence-electron chi connectivity index (χ3n) is 5.90. The van der Waals surface area contributed by atoms with E-state index in [1.54, 1.807) is 18.2 Å². The minimum Gasteiger partial charge on any atom is -0.486 e. The van der Waals surface area contributed by atoms with E-state index in [-0.39, 0.29) is 28.4 Å². The summed E-state index contributed by atoms with van der Waals surface area (Å²) in [5.74, 6) is 0.946. The lowest BCUT2D eigenvalue weighted by Crippen LogP contribution is -2.41. The summed E-state index contributed by atoms with van der Waals surface area (Å²) >= 11 is 0. The number of rotatable bonds is 5. The molecule has 3 heterocycles. The summed E-state index contributed by atoms with van der Waals surface area (Å²) in [6.07, 6.45) is 2.72. The molecule has 2 aliphatic heterocycles. The number of carbonyl (C=O) groups is 1. The first-order valence-electron chi connectivity index (χ1n) is 11.1. The molecule has 1 N–H and O–H groups in total. The van der Waals surface area contributed by atoms with Crippen molar-refractivity contribution in [3.05, 3.63) is 48.0 Å². The Labute approximate surface area is 196 Å². The Hall–Kier alpha value is -3.44. The number of hydrogen-bond donors (Lipinski definition) is 1. The van der Waals surface area contributed by atoms with Crippen LogP contribution in [-0.2, 0) is 10.0 Å². The van der Waals surface area contributed by atoms with Crippen LogP contribution in [0.15, 0.2) is 51.8 Å². The van der Waals surface area contributed by atoms with Gasteiger partial charge in [0.1, 0.15) is 13.2 Å². The standard InChI is InChI=1S/C23H24N4O6S/c1-15-4-2-3-11-27(15)34(29,30)18-8-5-16(6-9-18)21(28)24-23-26-25-22(33-23)17-7-10-19-20(14-17)32-13-12-31-19/h5-10,14-15H,2-4,11-13H2,1H3,(H,24,26,28)/t15-/m0/s1. The Bertz CT molecular complexity index is 1310. The molecule has 0 aliphatic carbocycles. The fourth-order valence-electron chi connectivity index (χ4n) is 4.08. The van der Waals surface area contributed by atoms with E-state index in [9.17, 15) is 13.2 Å². The van der Waals surface area contributed by atoms with Gasteiger partial charge in [0.05, 0.1) is 4.90 Å². The third-order valence-corrected chi connectivity index (χ3v) is 7.93. The average Bonchev–Trinajstić information content (AvgIpc) is 3.32. The molecule has 0 bridgehead atoms. The summed E-state index contributed by atoms with van der Waals surface area (Å²) in [6, 6.07) is 11.0. The number of hydrogen-bond acceptors (Lipinski definition) is 8. The Morgan fingerprint density at radius 2 is 1.79 bits per heavy atom. The largest absolute Gasteiger partial charge is 0.486 e. The highest BCUT2D eigenvalue weighted by Gasteiger charge is 2.31. The maximum Gasteiger partial charge on any atom is 0.322 e. The molecule has 178 valence electrons. The van der Waals surface area contributed by atoms with Crippen LogP contribution in [0.1, 0.15) is 36.5 Å². The van der Waals surface area contributed by atoms with Gasteiger partial charge in [-0.25, -0.2) is 8.42 Å². The second-order valence-electron chi connectivity index (χ2n) is 8.21. The van der Waals surface area contributed by atoms with Crippen LogP contribution >= 0.6 is 0 Å². The Balaban J connectivity index is 1.28. The van der Waals surface area contributed by atoms with Crippen LogP contribution in [0.5, 0.6) is 11.5 Å². The van der Waals surface area contributed by atoms with E-state index in [0.29, 0.717) is 36.8 Å². The molecule has 11 heteroatoms. The van der Waals surface area contributed by atoms with Crippen molar-refractivity contribution in [1.82, 2.24) is 14.5 Å². The molecule has 1 saturated heterocycles. The molecule has 10 nitrogen and oxygen atoms in total. The van der Waals surface area contributed by atoms with Crippen LogP contribution in [-0.4, -0.2) is 54.6 Å². The maximum atomic E-state index is 13.0. The van der Waals surface area contributed by atoms with Gasteiger partial charge in [0.2, 0.25) is 15.9 Å². The van der Waals surface area contributed by atoms with E-state index in [1.165, 1.54) is 28.6 Å². The molecule has 3 aromatic rings. The zero-order chi connectivity index (χ0) is 23.7. The van der Waals surface area contributed by atoms with Crippen LogP contribution in [0.2, 0.25) is 0 Å². The normalized spacial score (nSPS) is 18.4. The van der Waals surface area contributed by atoms with Gasteiger partial charge in [-0.2, -0.15) is 4.31 Å². The Kier molecular flexibility index (Phi) is 5.96. The highest BCUT2D eigenvalue weighted by atomic mass is 32.2. The number of piperidine rings is 1. The number of fused-ring (bicyclic) bond motifs is 1. The summed E-state index contributed by atoms with van der Waals surface area (Å²) in [7, 11) is -3.60. The Morgan fingerprint density at radius 3 is 2.56 bits per heavy atom. The summed E-state index contributed by atoms with van der Waals surface area (Å²) in [6.45, 7) is 3.38. The molecule has 2 aromatic carbocycles. The van der Waals surface area contributed by atoms with E-state index in [0.717, 1.165) is 19.3 Å². The van der Waals surface area contributed by atoms with Crippen molar-refractivity contribution in [3.8, 4) is 23.0 Å². The maximum absolute atomic E-state index is 13.0. The molecule has 0 spiro atoms. The first-order valence-corrected chi connectivity index (χ1v) is 12.5. The van der Waals surface area contributed by atoms with Gasteiger partial charge in [-0.3, -0.25) is 10.1 Å². The molecular weight excluding hydrogens is 460 g/mol. The lowest BCUT2D eigenvalue weighted by Gasteiger charge is -2.32. The number of amides is 1. The van der Waals surface area contributed by atoms with Gasteiger partial charge in [0.15, 0.2) is 11.5 Å². The topological polar surface area (TPSA) is 124 Å². The van der Waals surface area contributed by atoms with Crippen molar-refractivity contribution < 1.29 is 27.1 Å². The van der Waals surface area contributed by atoms with Gasteiger partial charge >= 0.3 is 6.01 Å². The molecule has 1 fully saturated rings. The smallest absolute Gasteiger partial charge is 0.322 e. The SMILES string of the molecule is C[C@H]1CCCCN1S(=O)(=O)c1ccc(C(=O)Nc2nnc(-c3ccc4c(c3)OCCO4)o2)cc1. The molecule has 34 heavy (non-hydrogen) atoms. The van der Waals surface area contributed by atoms with E-state index >= 15 is 0 Å². The molecule has 5 rings (SSSR count). The van der Waals surface area contributed by atoms with E-state index in [2.05, 4.69) is 15.5 Å². The number of nitrogens with one attached hydrogen (secondary N) is 1. The molecule has 1 atom stereocenters. The van der Waals surface area contributed by atoms with E-state index < -0.39 is 15.9 Å².